The van der Waals surface area contributed by atoms with Crippen LogP contribution in [-0.2, 0) is 17.9 Å². The van der Waals surface area contributed by atoms with Crippen LogP contribution in [0.2, 0.25) is 0 Å². The van der Waals surface area contributed by atoms with Gasteiger partial charge in [0, 0.05) is 37.1 Å². The van der Waals surface area contributed by atoms with Crippen LogP contribution in [0.3, 0.4) is 0 Å². The van der Waals surface area contributed by atoms with Crippen molar-refractivity contribution < 1.29 is 9.13 Å². The van der Waals surface area contributed by atoms with Crippen molar-refractivity contribution in [2.45, 2.75) is 26.2 Å². The smallest absolute Gasteiger partial charge is 0.128 e. The van der Waals surface area contributed by atoms with Crippen LogP contribution >= 0.6 is 0 Å². The van der Waals surface area contributed by atoms with Gasteiger partial charge in [-0.25, -0.2) is 9.37 Å². The van der Waals surface area contributed by atoms with Crippen LogP contribution in [0.15, 0.2) is 30.5 Å². The first-order valence-corrected chi connectivity index (χ1v) is 6.78. The molecule has 1 aromatic heterocycles. The number of ether oxygens (including phenoxy) is 1. The highest BCUT2D eigenvalue weighted by molar-refractivity contribution is 5.16. The summed E-state index contributed by atoms with van der Waals surface area (Å²) in [6, 6.07) is 6.75. The number of rotatable bonds is 5. The van der Waals surface area contributed by atoms with E-state index < -0.39 is 0 Å². The third-order valence-corrected chi connectivity index (χ3v) is 3.51. The number of halogens is 1. The van der Waals surface area contributed by atoms with E-state index in [4.69, 9.17) is 4.74 Å². The van der Waals surface area contributed by atoms with Crippen molar-refractivity contribution in [2.75, 3.05) is 13.1 Å². The molecule has 4 nitrogen and oxygen atoms in total. The number of imidazole rings is 1. The fourth-order valence-electron chi connectivity index (χ4n) is 2.37. The molecule has 5 heteroatoms. The Morgan fingerprint density at radius 2 is 2.20 bits per heavy atom. The van der Waals surface area contributed by atoms with E-state index in [9.17, 15) is 4.39 Å². The average Bonchev–Trinajstić information content (AvgIpc) is 2.79. The van der Waals surface area contributed by atoms with Gasteiger partial charge in [-0.2, -0.15) is 0 Å². The van der Waals surface area contributed by atoms with E-state index in [1.807, 2.05) is 19.2 Å². The van der Waals surface area contributed by atoms with Gasteiger partial charge in [0.25, 0.3) is 0 Å². The normalized spacial score (nSPS) is 16.3. The molecule has 0 spiro atoms. The van der Waals surface area contributed by atoms with Crippen molar-refractivity contribution >= 4 is 0 Å². The van der Waals surface area contributed by atoms with Crippen LogP contribution < -0.4 is 0 Å². The van der Waals surface area contributed by atoms with Gasteiger partial charge in [-0.15, -0.1) is 0 Å². The van der Waals surface area contributed by atoms with Crippen molar-refractivity contribution in [1.29, 1.82) is 0 Å². The Morgan fingerprint density at radius 1 is 1.40 bits per heavy atom. The summed E-state index contributed by atoms with van der Waals surface area (Å²) in [5.74, 6) is 0.740. The Labute approximate surface area is 117 Å². The number of hydrogen-bond donors (Lipinski definition) is 1. The lowest BCUT2D eigenvalue weighted by molar-refractivity contribution is -0.0668. The maximum atomic E-state index is 13.4. The molecule has 20 heavy (non-hydrogen) atoms. The van der Waals surface area contributed by atoms with Crippen molar-refractivity contribution in [3.05, 3.63) is 53.4 Å². The van der Waals surface area contributed by atoms with Gasteiger partial charge >= 0.3 is 0 Å². The predicted octanol–water partition coefficient (Wildman–Crippen LogP) is 2.26. The van der Waals surface area contributed by atoms with Crippen molar-refractivity contribution in [3.8, 4) is 0 Å². The van der Waals surface area contributed by atoms with E-state index in [0.717, 1.165) is 31.2 Å². The number of nitrogens with one attached hydrogen (secondary N) is 1. The van der Waals surface area contributed by atoms with E-state index in [1.165, 1.54) is 6.07 Å². The summed E-state index contributed by atoms with van der Waals surface area (Å²) in [4.78, 5) is 9.67. The molecule has 0 atom stereocenters. The Morgan fingerprint density at radius 3 is 2.90 bits per heavy atom. The van der Waals surface area contributed by atoms with Crippen molar-refractivity contribution in [1.82, 2.24) is 14.9 Å². The van der Waals surface area contributed by atoms with Gasteiger partial charge in [-0.1, -0.05) is 18.2 Å². The number of aromatic amines is 1. The molecule has 3 rings (SSSR count). The molecular formula is C15H18FN3O. The Hall–Kier alpha value is -1.72. The van der Waals surface area contributed by atoms with Gasteiger partial charge in [0.15, 0.2) is 0 Å². The largest absolute Gasteiger partial charge is 0.371 e. The Kier molecular flexibility index (Phi) is 3.80. The van der Waals surface area contributed by atoms with E-state index in [-0.39, 0.29) is 11.9 Å². The molecule has 106 valence electrons. The zero-order valence-electron chi connectivity index (χ0n) is 11.5. The van der Waals surface area contributed by atoms with Crippen molar-refractivity contribution in [2.24, 2.45) is 0 Å². The average molecular weight is 275 g/mol. The van der Waals surface area contributed by atoms with Gasteiger partial charge < -0.3 is 9.72 Å². The monoisotopic (exact) mass is 275 g/mol. The molecule has 0 unspecified atom stereocenters. The molecule has 1 fully saturated rings. The molecule has 1 aliphatic heterocycles. The molecule has 1 aliphatic rings. The van der Waals surface area contributed by atoms with E-state index >= 15 is 0 Å². The predicted molar refractivity (Wildman–Crippen MR) is 73.6 cm³/mol. The molecule has 1 aromatic carbocycles. The number of benzene rings is 1. The minimum absolute atomic E-state index is 0.193. The molecule has 0 amide bonds. The molecule has 0 bridgehead atoms. The number of aromatic nitrogens is 2. The lowest BCUT2D eigenvalue weighted by atomic mass is 10.1. The van der Waals surface area contributed by atoms with Gasteiger partial charge in [0.2, 0.25) is 0 Å². The maximum absolute atomic E-state index is 13.4. The van der Waals surface area contributed by atoms with E-state index in [0.29, 0.717) is 12.2 Å². The summed E-state index contributed by atoms with van der Waals surface area (Å²) in [5.41, 5.74) is 1.74. The van der Waals surface area contributed by atoms with Gasteiger partial charge in [0.1, 0.15) is 11.6 Å². The highest BCUT2D eigenvalue weighted by atomic mass is 19.1. The van der Waals surface area contributed by atoms with Crippen LogP contribution in [0.1, 0.15) is 17.1 Å². The third-order valence-electron chi connectivity index (χ3n) is 3.51. The molecular weight excluding hydrogens is 257 g/mol. The molecule has 0 radical (unpaired) electrons. The molecule has 0 aliphatic carbocycles. The molecule has 1 N–H and O–H groups in total. The molecule has 0 saturated carbocycles. The maximum Gasteiger partial charge on any atom is 0.128 e. The van der Waals surface area contributed by atoms with Gasteiger partial charge in [0.05, 0.1) is 12.7 Å². The van der Waals surface area contributed by atoms with E-state index in [1.54, 1.807) is 12.1 Å². The standard InChI is InChI=1S/C15H18FN3O/c1-11-17-6-13(18-11)7-19-8-14(9-19)20-10-12-4-2-3-5-15(12)16/h2-6,14H,7-10H2,1H3,(H,17,18). The number of hydrogen-bond acceptors (Lipinski definition) is 3. The SMILES string of the molecule is Cc1ncc(CN2CC(OCc3ccccc3F)C2)[nH]1. The summed E-state index contributed by atoms with van der Waals surface area (Å²) in [6.07, 6.45) is 2.06. The van der Waals surface area contributed by atoms with Crippen LogP contribution in [-0.4, -0.2) is 34.1 Å². The molecule has 1 saturated heterocycles. The highest BCUT2D eigenvalue weighted by Crippen LogP contribution is 2.17. The van der Waals surface area contributed by atoms with Gasteiger partial charge in [-0.3, -0.25) is 4.90 Å². The third kappa shape index (κ3) is 3.05. The zero-order chi connectivity index (χ0) is 13.9. The summed E-state index contributed by atoms with van der Waals surface area (Å²) < 4.78 is 19.1. The second-order valence-corrected chi connectivity index (χ2v) is 5.21. The number of aryl methyl sites for hydroxylation is 1. The zero-order valence-corrected chi connectivity index (χ0v) is 11.5. The lowest BCUT2D eigenvalue weighted by Crippen LogP contribution is -2.51. The fraction of sp³-hybridized carbons (Fsp3) is 0.400. The number of nitrogens with zero attached hydrogens (tertiary/aromatic N) is 2. The van der Waals surface area contributed by atoms with E-state index in [2.05, 4.69) is 14.9 Å². The first-order valence-electron chi connectivity index (χ1n) is 6.78. The minimum Gasteiger partial charge on any atom is -0.371 e. The first-order chi connectivity index (χ1) is 9.70. The lowest BCUT2D eigenvalue weighted by Gasteiger charge is -2.38. The topological polar surface area (TPSA) is 41.2 Å². The fourth-order valence-corrected chi connectivity index (χ4v) is 2.37. The second-order valence-electron chi connectivity index (χ2n) is 5.21. The summed E-state index contributed by atoms with van der Waals surface area (Å²) in [7, 11) is 0. The van der Waals surface area contributed by atoms with Crippen LogP contribution in [0.5, 0.6) is 0 Å². The highest BCUT2D eigenvalue weighted by Gasteiger charge is 2.27. The summed E-state index contributed by atoms with van der Waals surface area (Å²) in [5, 5.41) is 0. The Bertz CT molecular complexity index is 578. The minimum atomic E-state index is -0.198. The second kappa shape index (κ2) is 5.73. The quantitative estimate of drug-likeness (QED) is 0.910. The van der Waals surface area contributed by atoms with Gasteiger partial charge in [-0.05, 0) is 13.0 Å². The van der Waals surface area contributed by atoms with Crippen LogP contribution in [0.4, 0.5) is 4.39 Å². The molecule has 2 aromatic rings. The van der Waals surface area contributed by atoms with Crippen LogP contribution in [0.25, 0.3) is 0 Å². The first kappa shape index (κ1) is 13.3. The number of H-pyrrole nitrogens is 1. The van der Waals surface area contributed by atoms with Crippen LogP contribution in [0, 0.1) is 12.7 Å². The summed E-state index contributed by atoms with van der Waals surface area (Å²) >= 11 is 0. The molecule has 2 heterocycles. The Balaban J connectivity index is 1.41. The van der Waals surface area contributed by atoms with Crippen molar-refractivity contribution in [3.63, 3.8) is 0 Å². The number of likely N-dealkylation sites (tertiary alicyclic amines) is 1. The summed E-state index contributed by atoms with van der Waals surface area (Å²) in [6.45, 7) is 4.91.